The summed E-state index contributed by atoms with van der Waals surface area (Å²) in [5.74, 6) is -3.00. The van der Waals surface area contributed by atoms with Crippen LogP contribution in [-0.4, -0.2) is 114 Å². The van der Waals surface area contributed by atoms with E-state index < -0.39 is 41.1 Å². The largest absolute Gasteiger partial charge is 0.465 e. The summed E-state index contributed by atoms with van der Waals surface area (Å²) in [6.07, 6.45) is 10.6. The Bertz CT molecular complexity index is 1250. The van der Waals surface area contributed by atoms with Crippen LogP contribution in [0.15, 0.2) is 54.6 Å². The summed E-state index contributed by atoms with van der Waals surface area (Å²) in [4.78, 5) is 48.9. The van der Waals surface area contributed by atoms with Gasteiger partial charge in [-0.25, -0.2) is 0 Å². The highest BCUT2D eigenvalue weighted by atomic mass is 16.6. The van der Waals surface area contributed by atoms with Crippen LogP contribution in [0.4, 0.5) is 0 Å². The minimum atomic E-state index is -1.40. The average molecular weight is 594 g/mol. The first kappa shape index (κ1) is 30.0. The van der Waals surface area contributed by atoms with E-state index in [1.165, 1.54) is 4.90 Å². The number of fused-ring (bicyclic) bond motifs is 2. The number of benzene rings is 1. The lowest BCUT2D eigenvalue weighted by atomic mass is 9.73. The summed E-state index contributed by atoms with van der Waals surface area (Å²) >= 11 is 0. The van der Waals surface area contributed by atoms with Gasteiger partial charge in [-0.1, -0.05) is 61.6 Å². The lowest BCUT2D eigenvalue weighted by Crippen LogP contribution is -2.57. The van der Waals surface area contributed by atoms with Crippen molar-refractivity contribution in [3.63, 3.8) is 0 Å². The molecule has 6 atom stereocenters. The van der Waals surface area contributed by atoms with Crippen LogP contribution >= 0.6 is 0 Å². The van der Waals surface area contributed by atoms with Crippen LogP contribution in [0.5, 0.6) is 0 Å². The summed E-state index contributed by atoms with van der Waals surface area (Å²) in [7, 11) is 0. The van der Waals surface area contributed by atoms with E-state index >= 15 is 0 Å². The summed E-state index contributed by atoms with van der Waals surface area (Å²) in [6, 6.07) is 7.41. The third-order valence-electron chi connectivity index (χ3n) is 9.89. The Morgan fingerprint density at radius 3 is 2.49 bits per heavy atom. The van der Waals surface area contributed by atoms with E-state index in [1.54, 1.807) is 4.90 Å². The molecule has 5 heterocycles. The van der Waals surface area contributed by atoms with E-state index in [0.29, 0.717) is 44.8 Å². The first-order valence-corrected chi connectivity index (χ1v) is 15.7. The SMILES string of the molecule is CC[C@]12/C=C\CCCCOC(=O)[C@H]1[C@H]1C(=O)N([C@H](CO)c3ccccc3)C3C(=O)N(CCN4CCOCC4)CC=C[C@@]31O2. The smallest absolute Gasteiger partial charge is 0.313 e. The number of ether oxygens (including phenoxy) is 3. The Labute approximate surface area is 253 Å². The van der Waals surface area contributed by atoms with E-state index in [-0.39, 0.29) is 25.0 Å². The summed E-state index contributed by atoms with van der Waals surface area (Å²) < 4.78 is 18.3. The Hall–Kier alpha value is -3.05. The number of hydrogen-bond acceptors (Lipinski definition) is 8. The number of esters is 1. The number of hydrogen-bond donors (Lipinski definition) is 1. The topological polar surface area (TPSA) is 109 Å². The maximum absolute atomic E-state index is 14.8. The van der Waals surface area contributed by atoms with Crippen molar-refractivity contribution < 1.29 is 33.7 Å². The maximum atomic E-state index is 14.8. The predicted octanol–water partition coefficient (Wildman–Crippen LogP) is 2.09. The van der Waals surface area contributed by atoms with E-state index in [9.17, 15) is 19.5 Å². The van der Waals surface area contributed by atoms with Crippen LogP contribution in [0.1, 0.15) is 44.2 Å². The van der Waals surface area contributed by atoms with Crippen molar-refractivity contribution in [3.8, 4) is 0 Å². The summed E-state index contributed by atoms with van der Waals surface area (Å²) in [5, 5.41) is 10.7. The molecular weight excluding hydrogens is 550 g/mol. The lowest BCUT2D eigenvalue weighted by molar-refractivity contribution is -0.163. The highest BCUT2D eigenvalue weighted by Gasteiger charge is 2.76. The fourth-order valence-electron chi connectivity index (χ4n) is 7.68. The molecule has 2 amide bonds. The molecule has 0 saturated carbocycles. The van der Waals surface area contributed by atoms with E-state index in [0.717, 1.165) is 32.4 Å². The molecule has 1 unspecified atom stereocenters. The van der Waals surface area contributed by atoms with E-state index in [1.807, 2.05) is 61.6 Å². The molecule has 0 aromatic heterocycles. The first-order valence-electron chi connectivity index (χ1n) is 15.7. The second-order valence-electron chi connectivity index (χ2n) is 12.2. The fraction of sp³-hybridized carbons (Fsp3) is 0.606. The zero-order chi connectivity index (χ0) is 30.0. The van der Waals surface area contributed by atoms with Gasteiger partial charge in [-0.2, -0.15) is 0 Å². The van der Waals surface area contributed by atoms with Crippen molar-refractivity contribution in [3.05, 3.63) is 60.2 Å². The van der Waals surface area contributed by atoms with Crippen molar-refractivity contribution >= 4 is 17.8 Å². The number of aliphatic hydroxyl groups is 1. The van der Waals surface area contributed by atoms with Crippen molar-refractivity contribution in [1.82, 2.24) is 14.7 Å². The Kier molecular flexibility index (Phi) is 8.73. The molecule has 3 fully saturated rings. The second kappa shape index (κ2) is 12.5. The number of rotatable bonds is 7. The van der Waals surface area contributed by atoms with Crippen molar-refractivity contribution in [1.29, 1.82) is 0 Å². The molecule has 1 aromatic rings. The molecule has 1 N–H and O–H groups in total. The van der Waals surface area contributed by atoms with Crippen molar-refractivity contribution in [2.45, 2.75) is 55.9 Å². The van der Waals surface area contributed by atoms with Gasteiger partial charge in [0.25, 0.3) is 0 Å². The third-order valence-corrected chi connectivity index (χ3v) is 9.89. The number of aliphatic hydroxyl groups excluding tert-OH is 1. The van der Waals surface area contributed by atoms with Gasteiger partial charge in [0, 0.05) is 32.7 Å². The molecule has 0 radical (unpaired) electrons. The minimum absolute atomic E-state index is 0.240. The van der Waals surface area contributed by atoms with Crippen molar-refractivity contribution in [2.24, 2.45) is 11.8 Å². The minimum Gasteiger partial charge on any atom is -0.465 e. The summed E-state index contributed by atoms with van der Waals surface area (Å²) in [6.45, 7) is 6.29. The quantitative estimate of drug-likeness (QED) is 0.378. The molecule has 10 heteroatoms. The number of carbonyl (C=O) groups is 3. The van der Waals surface area contributed by atoms with Gasteiger partial charge in [0.2, 0.25) is 11.8 Å². The molecule has 43 heavy (non-hydrogen) atoms. The molecule has 232 valence electrons. The van der Waals surface area contributed by atoms with Crippen LogP contribution in [0.2, 0.25) is 0 Å². The molecule has 0 bridgehead atoms. The van der Waals surface area contributed by atoms with Gasteiger partial charge in [0.1, 0.15) is 23.2 Å². The van der Waals surface area contributed by atoms with Crippen LogP contribution < -0.4 is 0 Å². The number of amides is 2. The normalized spacial score (nSPS) is 34.7. The van der Waals surface area contributed by atoms with Crippen molar-refractivity contribution in [2.75, 3.05) is 59.2 Å². The molecular formula is C33H43N3O7. The third kappa shape index (κ3) is 5.22. The van der Waals surface area contributed by atoms with Crippen LogP contribution in [0.25, 0.3) is 0 Å². The van der Waals surface area contributed by atoms with Gasteiger partial charge in [0.15, 0.2) is 0 Å². The number of allylic oxidation sites excluding steroid dienone is 1. The molecule has 6 rings (SSSR count). The predicted molar refractivity (Wildman–Crippen MR) is 158 cm³/mol. The number of cyclic esters (lactones) is 1. The molecule has 0 aliphatic carbocycles. The zero-order valence-electron chi connectivity index (χ0n) is 24.9. The molecule has 3 saturated heterocycles. The molecule has 5 aliphatic heterocycles. The van der Waals surface area contributed by atoms with Crippen LogP contribution in [0.3, 0.4) is 0 Å². The number of morpholine rings is 1. The number of nitrogens with zero attached hydrogens (tertiary/aromatic N) is 3. The van der Waals surface area contributed by atoms with Gasteiger partial charge < -0.3 is 29.1 Å². The van der Waals surface area contributed by atoms with E-state index in [4.69, 9.17) is 14.2 Å². The van der Waals surface area contributed by atoms with Gasteiger partial charge >= 0.3 is 5.97 Å². The molecule has 1 spiro atoms. The standard InChI is InChI=1S/C33H43N3O7/c1-2-32-13-8-3-4-9-20-42-31(40)27(32)26-29(38)36(25(23-37)24-11-6-5-7-12-24)28-30(39)35(15-10-14-33(26,28)43-32)17-16-34-18-21-41-22-19-34/h5-8,10-14,25-28,37H,2-4,9,15-23H2,1H3/b13-8-/t25-,26+,27-,28?,32+,33+/m1/s1. The van der Waals surface area contributed by atoms with Gasteiger partial charge in [0.05, 0.1) is 38.4 Å². The Morgan fingerprint density at radius 2 is 1.74 bits per heavy atom. The zero-order valence-corrected chi connectivity index (χ0v) is 24.9. The monoisotopic (exact) mass is 593 g/mol. The highest BCUT2D eigenvalue weighted by molar-refractivity contribution is 5.99. The Balaban J connectivity index is 1.45. The molecule has 5 aliphatic rings. The lowest BCUT2D eigenvalue weighted by Gasteiger charge is -2.41. The number of carbonyl (C=O) groups excluding carboxylic acids is 3. The van der Waals surface area contributed by atoms with E-state index in [2.05, 4.69) is 4.90 Å². The molecule has 1 aromatic carbocycles. The van der Waals surface area contributed by atoms with Gasteiger partial charge in [-0.3, -0.25) is 19.3 Å². The second-order valence-corrected chi connectivity index (χ2v) is 12.2. The Morgan fingerprint density at radius 1 is 0.953 bits per heavy atom. The van der Waals surface area contributed by atoms with Crippen LogP contribution in [-0.2, 0) is 28.6 Å². The van der Waals surface area contributed by atoms with Gasteiger partial charge in [-0.05, 0) is 31.2 Å². The fourth-order valence-corrected chi connectivity index (χ4v) is 7.68. The van der Waals surface area contributed by atoms with Gasteiger partial charge in [-0.15, -0.1) is 0 Å². The average Bonchev–Trinajstić information content (AvgIpc) is 3.39. The van der Waals surface area contributed by atoms with Crippen LogP contribution in [0, 0.1) is 11.8 Å². The number of likely N-dealkylation sites (tertiary alicyclic amines) is 1. The first-order chi connectivity index (χ1) is 21.0. The summed E-state index contributed by atoms with van der Waals surface area (Å²) in [5.41, 5.74) is -1.79. The molecule has 10 nitrogen and oxygen atoms in total. The maximum Gasteiger partial charge on any atom is 0.313 e. The highest BCUT2D eigenvalue weighted by Crippen LogP contribution is 2.59.